The van der Waals surface area contributed by atoms with Gasteiger partial charge in [-0.2, -0.15) is 5.26 Å². The second-order valence-electron chi connectivity index (χ2n) is 3.58. The van der Waals surface area contributed by atoms with E-state index in [4.69, 9.17) is 10.00 Å². The molecule has 3 nitrogen and oxygen atoms in total. The van der Waals surface area contributed by atoms with Gasteiger partial charge in [0.2, 0.25) is 0 Å². The fourth-order valence-corrected chi connectivity index (χ4v) is 1.50. The summed E-state index contributed by atoms with van der Waals surface area (Å²) in [7, 11) is 0. The van der Waals surface area contributed by atoms with Crippen LogP contribution in [0.15, 0.2) is 12.3 Å². The number of rotatable bonds is 5. The number of nitriles is 1. The van der Waals surface area contributed by atoms with Crippen molar-refractivity contribution in [2.75, 3.05) is 6.54 Å². The maximum atomic E-state index is 8.57. The van der Waals surface area contributed by atoms with Crippen molar-refractivity contribution in [2.24, 2.45) is 0 Å². The van der Waals surface area contributed by atoms with E-state index in [2.05, 4.69) is 18.3 Å². The molecule has 0 saturated heterocycles. The van der Waals surface area contributed by atoms with Crippen LogP contribution in [-0.4, -0.2) is 18.7 Å². The van der Waals surface area contributed by atoms with Crippen molar-refractivity contribution in [3.8, 4) is 6.07 Å². The summed E-state index contributed by atoms with van der Waals surface area (Å²) in [5.41, 5.74) is 0. The van der Waals surface area contributed by atoms with Gasteiger partial charge in [0.05, 0.1) is 18.8 Å². The second kappa shape index (κ2) is 6.44. The zero-order valence-electron chi connectivity index (χ0n) is 8.70. The first kappa shape index (κ1) is 11.1. The van der Waals surface area contributed by atoms with Gasteiger partial charge in [-0.05, 0) is 25.3 Å². The third kappa shape index (κ3) is 3.80. The highest BCUT2D eigenvalue weighted by atomic mass is 16.5. The molecule has 2 unspecified atom stereocenters. The summed E-state index contributed by atoms with van der Waals surface area (Å²) in [6.45, 7) is 2.95. The van der Waals surface area contributed by atoms with Gasteiger partial charge in [0.1, 0.15) is 6.10 Å². The SMILES string of the molecule is CCC(CC#N)NCC1CCC=CO1. The predicted octanol–water partition coefficient (Wildman–Crippen LogP) is 1.96. The minimum absolute atomic E-state index is 0.285. The molecule has 1 aliphatic heterocycles. The zero-order chi connectivity index (χ0) is 10.2. The van der Waals surface area contributed by atoms with Crippen LogP contribution < -0.4 is 5.32 Å². The maximum Gasteiger partial charge on any atom is 0.110 e. The highest BCUT2D eigenvalue weighted by molar-refractivity contribution is 4.85. The Balaban J connectivity index is 2.18. The molecule has 1 heterocycles. The number of hydrogen-bond acceptors (Lipinski definition) is 3. The van der Waals surface area contributed by atoms with Crippen LogP contribution in [-0.2, 0) is 4.74 Å². The minimum Gasteiger partial charge on any atom is -0.497 e. The zero-order valence-corrected chi connectivity index (χ0v) is 8.70. The van der Waals surface area contributed by atoms with Crippen molar-refractivity contribution in [1.29, 1.82) is 5.26 Å². The Hall–Kier alpha value is -1.01. The smallest absolute Gasteiger partial charge is 0.110 e. The summed E-state index contributed by atoms with van der Waals surface area (Å²) in [5, 5.41) is 11.9. The van der Waals surface area contributed by atoms with Crippen LogP contribution in [0.2, 0.25) is 0 Å². The Morgan fingerprint density at radius 2 is 2.57 bits per heavy atom. The Bertz CT molecular complexity index is 220. The lowest BCUT2D eigenvalue weighted by atomic mass is 10.1. The molecule has 78 valence electrons. The number of nitrogens with zero attached hydrogens (tertiary/aromatic N) is 1. The van der Waals surface area contributed by atoms with Crippen LogP contribution in [0.1, 0.15) is 32.6 Å². The number of nitrogens with one attached hydrogen (secondary N) is 1. The van der Waals surface area contributed by atoms with Gasteiger partial charge in [-0.25, -0.2) is 0 Å². The standard InChI is InChI=1S/C11H18N2O/c1-2-10(6-7-12)13-9-11-5-3-4-8-14-11/h4,8,10-11,13H,2-3,5-6,9H2,1H3. The number of hydrogen-bond donors (Lipinski definition) is 1. The summed E-state index contributed by atoms with van der Waals surface area (Å²) >= 11 is 0. The molecule has 1 N–H and O–H groups in total. The molecule has 1 aliphatic rings. The first-order valence-electron chi connectivity index (χ1n) is 5.27. The van der Waals surface area contributed by atoms with Gasteiger partial charge < -0.3 is 10.1 Å². The van der Waals surface area contributed by atoms with E-state index >= 15 is 0 Å². The average Bonchev–Trinajstić information content (AvgIpc) is 2.25. The molecule has 1 rings (SSSR count). The lowest BCUT2D eigenvalue weighted by Crippen LogP contribution is -2.36. The van der Waals surface area contributed by atoms with Gasteiger partial charge in [-0.3, -0.25) is 0 Å². The highest BCUT2D eigenvalue weighted by Crippen LogP contribution is 2.09. The number of ether oxygens (including phenoxy) is 1. The normalized spacial score (nSPS) is 22.4. The Kier molecular flexibility index (Phi) is 5.09. The molecule has 0 amide bonds. The topological polar surface area (TPSA) is 45.0 Å². The average molecular weight is 194 g/mol. The monoisotopic (exact) mass is 194 g/mol. The van der Waals surface area contributed by atoms with Gasteiger partial charge in [-0.15, -0.1) is 0 Å². The predicted molar refractivity (Wildman–Crippen MR) is 55.6 cm³/mol. The fourth-order valence-electron chi connectivity index (χ4n) is 1.50. The Morgan fingerprint density at radius 3 is 3.14 bits per heavy atom. The Labute approximate surface area is 85.7 Å². The summed E-state index contributed by atoms with van der Waals surface area (Å²) in [6, 6.07) is 2.50. The van der Waals surface area contributed by atoms with Crippen LogP contribution in [0, 0.1) is 11.3 Å². The molecule has 14 heavy (non-hydrogen) atoms. The van der Waals surface area contributed by atoms with Crippen LogP contribution in [0.5, 0.6) is 0 Å². The van der Waals surface area contributed by atoms with Crippen LogP contribution in [0.3, 0.4) is 0 Å². The fraction of sp³-hybridized carbons (Fsp3) is 0.727. The molecule has 0 aromatic carbocycles. The first-order valence-corrected chi connectivity index (χ1v) is 5.27. The highest BCUT2D eigenvalue weighted by Gasteiger charge is 2.12. The van der Waals surface area contributed by atoms with Gasteiger partial charge in [0.25, 0.3) is 0 Å². The van der Waals surface area contributed by atoms with E-state index in [1.165, 1.54) is 0 Å². The van der Waals surface area contributed by atoms with Crippen molar-refractivity contribution in [3.05, 3.63) is 12.3 Å². The molecular formula is C11H18N2O. The molecular weight excluding hydrogens is 176 g/mol. The molecule has 0 saturated carbocycles. The van der Waals surface area contributed by atoms with Crippen LogP contribution in [0.25, 0.3) is 0 Å². The van der Waals surface area contributed by atoms with E-state index in [0.717, 1.165) is 25.8 Å². The summed E-state index contributed by atoms with van der Waals surface area (Å²) in [6.07, 6.45) is 7.86. The second-order valence-corrected chi connectivity index (χ2v) is 3.58. The van der Waals surface area contributed by atoms with Crippen molar-refractivity contribution < 1.29 is 4.74 Å². The third-order valence-corrected chi connectivity index (χ3v) is 2.49. The van der Waals surface area contributed by atoms with E-state index in [9.17, 15) is 0 Å². The van der Waals surface area contributed by atoms with E-state index in [0.29, 0.717) is 12.5 Å². The lowest BCUT2D eigenvalue weighted by molar-refractivity contribution is 0.119. The van der Waals surface area contributed by atoms with Crippen molar-refractivity contribution >= 4 is 0 Å². The van der Waals surface area contributed by atoms with E-state index in [-0.39, 0.29) is 6.10 Å². The van der Waals surface area contributed by atoms with Crippen molar-refractivity contribution in [2.45, 2.75) is 44.8 Å². The molecule has 0 aromatic rings. The molecule has 0 radical (unpaired) electrons. The van der Waals surface area contributed by atoms with E-state index in [1.54, 1.807) is 6.26 Å². The van der Waals surface area contributed by atoms with Crippen molar-refractivity contribution in [1.82, 2.24) is 5.32 Å². The largest absolute Gasteiger partial charge is 0.497 e. The van der Waals surface area contributed by atoms with Gasteiger partial charge in [-0.1, -0.05) is 6.92 Å². The van der Waals surface area contributed by atoms with Crippen LogP contribution in [0.4, 0.5) is 0 Å². The maximum absolute atomic E-state index is 8.57. The molecule has 0 aromatic heterocycles. The van der Waals surface area contributed by atoms with Crippen LogP contribution >= 0.6 is 0 Å². The minimum atomic E-state index is 0.285. The Morgan fingerprint density at radius 1 is 1.71 bits per heavy atom. The van der Waals surface area contributed by atoms with Gasteiger partial charge in [0.15, 0.2) is 0 Å². The molecule has 0 fully saturated rings. The molecule has 2 atom stereocenters. The van der Waals surface area contributed by atoms with Gasteiger partial charge in [0, 0.05) is 12.6 Å². The van der Waals surface area contributed by atoms with Gasteiger partial charge >= 0.3 is 0 Å². The number of allylic oxidation sites excluding steroid dienone is 1. The third-order valence-electron chi connectivity index (χ3n) is 2.49. The summed E-state index contributed by atoms with van der Waals surface area (Å²) < 4.78 is 5.43. The van der Waals surface area contributed by atoms with E-state index in [1.807, 2.05) is 6.08 Å². The summed E-state index contributed by atoms with van der Waals surface area (Å²) in [4.78, 5) is 0. The summed E-state index contributed by atoms with van der Waals surface area (Å²) in [5.74, 6) is 0. The molecule has 0 bridgehead atoms. The quantitative estimate of drug-likeness (QED) is 0.727. The molecule has 0 spiro atoms. The first-order chi connectivity index (χ1) is 6.86. The molecule has 0 aliphatic carbocycles. The lowest BCUT2D eigenvalue weighted by Gasteiger charge is -2.22. The van der Waals surface area contributed by atoms with Crippen molar-refractivity contribution in [3.63, 3.8) is 0 Å². The van der Waals surface area contributed by atoms with E-state index < -0.39 is 0 Å². The molecule has 3 heteroatoms.